The normalized spacial score (nSPS) is 9.65. The van der Waals surface area contributed by atoms with Crippen molar-refractivity contribution in [2.45, 2.75) is 0 Å². The Hall–Kier alpha value is -2.32. The Balaban J connectivity index is 2.28. The fraction of sp³-hybridized carbons (Fsp3) is 0. The zero-order valence-electron chi connectivity index (χ0n) is 8.59. The predicted octanol–water partition coefficient (Wildman–Crippen LogP) is 2.38. The Morgan fingerprint density at radius 2 is 2.12 bits per heavy atom. The van der Waals surface area contributed by atoms with Crippen LogP contribution in [0.4, 0.5) is 5.95 Å². The van der Waals surface area contributed by atoms with Crippen LogP contribution in [0.5, 0.6) is 11.6 Å². The summed E-state index contributed by atoms with van der Waals surface area (Å²) in [7, 11) is 0. The summed E-state index contributed by atoms with van der Waals surface area (Å²) in [5, 5.41) is 8.94. The molecular formula is C11H7ClN4O. The van der Waals surface area contributed by atoms with Crippen LogP contribution in [0, 0.1) is 11.3 Å². The molecule has 17 heavy (non-hydrogen) atoms. The van der Waals surface area contributed by atoms with Crippen LogP contribution in [-0.2, 0) is 0 Å². The number of aromatic nitrogens is 2. The first-order valence-corrected chi connectivity index (χ1v) is 5.03. The third-order valence-corrected chi connectivity index (χ3v) is 2.07. The highest BCUT2D eigenvalue weighted by Crippen LogP contribution is 2.22. The topological polar surface area (TPSA) is 84.8 Å². The highest BCUT2D eigenvalue weighted by Gasteiger charge is 2.03. The van der Waals surface area contributed by atoms with Gasteiger partial charge in [-0.05, 0) is 18.2 Å². The van der Waals surface area contributed by atoms with Crippen molar-refractivity contribution in [3.8, 4) is 17.7 Å². The first-order chi connectivity index (χ1) is 8.17. The Labute approximate surface area is 102 Å². The van der Waals surface area contributed by atoms with Gasteiger partial charge in [0, 0.05) is 6.07 Å². The molecule has 0 saturated heterocycles. The molecule has 0 aliphatic heterocycles. The zero-order valence-corrected chi connectivity index (χ0v) is 9.35. The van der Waals surface area contributed by atoms with Gasteiger partial charge in [-0.3, -0.25) is 0 Å². The van der Waals surface area contributed by atoms with E-state index in [-0.39, 0.29) is 17.0 Å². The molecule has 0 amide bonds. The number of nitrogens with two attached hydrogens (primary N) is 1. The molecule has 0 radical (unpaired) electrons. The van der Waals surface area contributed by atoms with Crippen molar-refractivity contribution in [2.24, 2.45) is 0 Å². The summed E-state index contributed by atoms with van der Waals surface area (Å²) >= 11 is 5.71. The number of nitriles is 1. The molecule has 0 aliphatic rings. The molecule has 0 spiro atoms. The minimum atomic E-state index is 0.0314. The lowest BCUT2D eigenvalue weighted by Crippen LogP contribution is -1.97. The summed E-state index contributed by atoms with van der Waals surface area (Å²) in [6, 6.07) is 10.1. The molecule has 1 aromatic carbocycles. The van der Waals surface area contributed by atoms with E-state index < -0.39 is 0 Å². The molecule has 2 aromatic rings. The molecule has 0 fully saturated rings. The number of anilines is 1. The van der Waals surface area contributed by atoms with Gasteiger partial charge in [0.05, 0.1) is 11.6 Å². The quantitative estimate of drug-likeness (QED) is 0.823. The number of halogens is 1. The maximum Gasteiger partial charge on any atom is 0.225 e. The average Bonchev–Trinajstić information content (AvgIpc) is 2.28. The lowest BCUT2D eigenvalue weighted by Gasteiger charge is -2.05. The van der Waals surface area contributed by atoms with Crippen molar-refractivity contribution in [3.63, 3.8) is 0 Å². The number of benzene rings is 1. The van der Waals surface area contributed by atoms with Gasteiger partial charge in [-0.2, -0.15) is 10.2 Å². The van der Waals surface area contributed by atoms with E-state index in [1.54, 1.807) is 24.3 Å². The van der Waals surface area contributed by atoms with Gasteiger partial charge in [0.25, 0.3) is 0 Å². The average molecular weight is 247 g/mol. The van der Waals surface area contributed by atoms with Crippen molar-refractivity contribution in [2.75, 3.05) is 5.73 Å². The fourth-order valence-electron chi connectivity index (χ4n) is 1.22. The van der Waals surface area contributed by atoms with Gasteiger partial charge in [-0.15, -0.1) is 0 Å². The van der Waals surface area contributed by atoms with Crippen molar-refractivity contribution in [1.29, 1.82) is 5.26 Å². The van der Waals surface area contributed by atoms with Crippen molar-refractivity contribution < 1.29 is 4.74 Å². The van der Waals surface area contributed by atoms with Crippen LogP contribution >= 0.6 is 11.6 Å². The van der Waals surface area contributed by atoms with Gasteiger partial charge in [-0.1, -0.05) is 17.7 Å². The molecular weight excluding hydrogens is 240 g/mol. The predicted molar refractivity (Wildman–Crippen MR) is 62.7 cm³/mol. The third-order valence-electron chi connectivity index (χ3n) is 1.87. The number of rotatable bonds is 2. The second-order valence-electron chi connectivity index (χ2n) is 3.13. The van der Waals surface area contributed by atoms with Crippen LogP contribution in [0.3, 0.4) is 0 Å². The summed E-state index contributed by atoms with van der Waals surface area (Å²) in [5.41, 5.74) is 5.93. The van der Waals surface area contributed by atoms with Crippen molar-refractivity contribution in [3.05, 3.63) is 41.0 Å². The first-order valence-electron chi connectivity index (χ1n) is 4.65. The molecule has 0 aliphatic carbocycles. The molecule has 0 saturated carbocycles. The Morgan fingerprint density at radius 1 is 1.29 bits per heavy atom. The van der Waals surface area contributed by atoms with E-state index in [2.05, 4.69) is 9.97 Å². The van der Waals surface area contributed by atoms with Crippen LogP contribution in [0.1, 0.15) is 5.56 Å². The molecule has 6 heteroatoms. The van der Waals surface area contributed by atoms with E-state index >= 15 is 0 Å². The number of nitrogens with zero attached hydrogens (tertiary/aromatic N) is 3. The summed E-state index contributed by atoms with van der Waals surface area (Å²) in [6.45, 7) is 0. The Bertz CT molecular complexity index is 574. The molecule has 2 N–H and O–H groups in total. The van der Waals surface area contributed by atoms with Gasteiger partial charge >= 0.3 is 0 Å². The van der Waals surface area contributed by atoms with E-state index in [1.807, 2.05) is 6.07 Å². The molecule has 1 heterocycles. The number of nitrogen functional groups attached to an aromatic ring is 1. The van der Waals surface area contributed by atoms with E-state index in [1.165, 1.54) is 6.07 Å². The molecule has 2 rings (SSSR count). The molecule has 1 aromatic heterocycles. The maximum absolute atomic E-state index is 8.74. The van der Waals surface area contributed by atoms with E-state index in [0.29, 0.717) is 11.3 Å². The van der Waals surface area contributed by atoms with Crippen LogP contribution in [-0.4, -0.2) is 9.97 Å². The van der Waals surface area contributed by atoms with Crippen LogP contribution in [0.25, 0.3) is 0 Å². The fourth-order valence-corrected chi connectivity index (χ4v) is 1.40. The highest BCUT2D eigenvalue weighted by molar-refractivity contribution is 6.29. The molecule has 84 valence electrons. The summed E-state index contributed by atoms with van der Waals surface area (Å²) in [6.07, 6.45) is 0. The maximum atomic E-state index is 8.74. The minimum Gasteiger partial charge on any atom is -0.439 e. The number of ether oxygens (including phenoxy) is 1. The third kappa shape index (κ3) is 2.83. The zero-order chi connectivity index (χ0) is 12.3. The Kier molecular flexibility index (Phi) is 3.08. The molecule has 0 atom stereocenters. The lowest BCUT2D eigenvalue weighted by atomic mass is 10.2. The van der Waals surface area contributed by atoms with Crippen LogP contribution in [0.2, 0.25) is 5.15 Å². The summed E-state index contributed by atoms with van der Waals surface area (Å²) in [4.78, 5) is 7.57. The highest BCUT2D eigenvalue weighted by atomic mass is 35.5. The molecule has 0 unspecified atom stereocenters. The second-order valence-corrected chi connectivity index (χ2v) is 3.52. The second kappa shape index (κ2) is 4.68. The van der Waals surface area contributed by atoms with Crippen LogP contribution < -0.4 is 10.5 Å². The standard InChI is InChI=1S/C11H7ClN4O/c12-9-5-10(16-11(14)15-9)17-8-3-1-2-7(4-8)6-13/h1-5H,(H2,14,15,16). The first kappa shape index (κ1) is 11.2. The van der Waals surface area contributed by atoms with Crippen LogP contribution in [0.15, 0.2) is 30.3 Å². The van der Waals surface area contributed by atoms with Crippen molar-refractivity contribution in [1.82, 2.24) is 9.97 Å². The van der Waals surface area contributed by atoms with Gasteiger partial charge < -0.3 is 10.5 Å². The van der Waals surface area contributed by atoms with E-state index in [9.17, 15) is 0 Å². The monoisotopic (exact) mass is 246 g/mol. The number of hydrogen-bond acceptors (Lipinski definition) is 5. The summed E-state index contributed by atoms with van der Waals surface area (Å²) in [5.74, 6) is 0.750. The van der Waals surface area contributed by atoms with Gasteiger partial charge in [0.2, 0.25) is 11.8 Å². The van der Waals surface area contributed by atoms with E-state index in [0.717, 1.165) is 0 Å². The van der Waals surface area contributed by atoms with E-state index in [4.69, 9.17) is 27.3 Å². The smallest absolute Gasteiger partial charge is 0.225 e. The largest absolute Gasteiger partial charge is 0.439 e. The lowest BCUT2D eigenvalue weighted by molar-refractivity contribution is 0.462. The van der Waals surface area contributed by atoms with Crippen molar-refractivity contribution >= 4 is 17.5 Å². The molecule has 0 bridgehead atoms. The van der Waals surface area contributed by atoms with Gasteiger partial charge in [-0.25, -0.2) is 4.98 Å². The number of hydrogen-bond donors (Lipinski definition) is 1. The SMILES string of the molecule is N#Cc1cccc(Oc2cc(Cl)nc(N)n2)c1. The minimum absolute atomic E-state index is 0.0314. The van der Waals surface area contributed by atoms with Gasteiger partial charge in [0.15, 0.2) is 0 Å². The Morgan fingerprint density at radius 3 is 2.82 bits per heavy atom. The molecule has 5 nitrogen and oxygen atoms in total. The summed E-state index contributed by atoms with van der Waals surface area (Å²) < 4.78 is 5.42. The van der Waals surface area contributed by atoms with Gasteiger partial charge in [0.1, 0.15) is 10.9 Å².